The maximum Gasteiger partial charge on any atom is 0.243 e. The minimum absolute atomic E-state index is 0.196. The lowest BCUT2D eigenvalue weighted by atomic mass is 10.0. The molecule has 0 aliphatic carbocycles. The summed E-state index contributed by atoms with van der Waals surface area (Å²) in [5, 5.41) is 5.58. The average molecular weight is 419 g/mol. The largest absolute Gasteiger partial charge is 0.379 e. The molecule has 0 radical (unpaired) electrons. The summed E-state index contributed by atoms with van der Waals surface area (Å²) in [6.07, 6.45) is 1.51. The number of primary amides is 1. The molecule has 166 valence electrons. The van der Waals surface area contributed by atoms with Crippen molar-refractivity contribution >= 4 is 17.7 Å². The number of hydrogen-bond acceptors (Lipinski definition) is 5. The predicted molar refractivity (Wildman–Crippen MR) is 115 cm³/mol. The van der Waals surface area contributed by atoms with Crippen molar-refractivity contribution < 1.29 is 19.1 Å². The fourth-order valence-electron chi connectivity index (χ4n) is 3.42. The van der Waals surface area contributed by atoms with Crippen molar-refractivity contribution in [1.29, 1.82) is 0 Å². The molecule has 0 unspecified atom stereocenters. The molecule has 0 spiro atoms. The molecule has 30 heavy (non-hydrogen) atoms. The molecule has 8 heteroatoms. The fraction of sp³-hybridized carbons (Fsp3) is 0.591. The number of nitrogens with zero attached hydrogens (tertiary/aromatic N) is 1. The van der Waals surface area contributed by atoms with Gasteiger partial charge in [0.05, 0.1) is 19.8 Å². The van der Waals surface area contributed by atoms with E-state index in [-0.39, 0.29) is 24.3 Å². The van der Waals surface area contributed by atoms with Gasteiger partial charge in [0.15, 0.2) is 0 Å². The Morgan fingerprint density at radius 2 is 1.73 bits per heavy atom. The van der Waals surface area contributed by atoms with Gasteiger partial charge in [0.25, 0.3) is 0 Å². The Kier molecular flexibility index (Phi) is 9.76. The maximum absolute atomic E-state index is 12.9. The number of aryl methyl sites for hydroxylation is 1. The van der Waals surface area contributed by atoms with Crippen LogP contribution in [0.4, 0.5) is 0 Å². The number of nitrogens with one attached hydrogen (secondary N) is 2. The number of rotatable bonds is 11. The van der Waals surface area contributed by atoms with Gasteiger partial charge in [-0.05, 0) is 30.7 Å². The van der Waals surface area contributed by atoms with Gasteiger partial charge in [0.2, 0.25) is 17.7 Å². The molecule has 2 rings (SSSR count). The summed E-state index contributed by atoms with van der Waals surface area (Å²) in [4.78, 5) is 39.2. The molecule has 1 aromatic carbocycles. The van der Waals surface area contributed by atoms with Crippen molar-refractivity contribution in [2.24, 2.45) is 11.7 Å². The Labute approximate surface area is 178 Å². The third-order valence-corrected chi connectivity index (χ3v) is 5.05. The molecule has 1 saturated heterocycles. The number of morpholine rings is 1. The number of hydrogen-bond donors (Lipinski definition) is 3. The van der Waals surface area contributed by atoms with Crippen LogP contribution in [-0.2, 0) is 25.5 Å². The zero-order chi connectivity index (χ0) is 21.9. The van der Waals surface area contributed by atoms with Gasteiger partial charge in [-0.1, -0.05) is 44.2 Å². The number of amides is 3. The number of carbonyl (C=O) groups excluding carboxylic acids is 3. The summed E-state index contributed by atoms with van der Waals surface area (Å²) in [5.41, 5.74) is 6.54. The lowest BCUT2D eigenvalue weighted by molar-refractivity contribution is -0.132. The minimum atomic E-state index is -0.757. The van der Waals surface area contributed by atoms with Gasteiger partial charge in [-0.15, -0.1) is 0 Å². The Morgan fingerprint density at radius 3 is 2.33 bits per heavy atom. The van der Waals surface area contributed by atoms with Crippen molar-refractivity contribution in [3.05, 3.63) is 35.9 Å². The van der Waals surface area contributed by atoms with E-state index in [0.717, 1.165) is 5.56 Å². The van der Waals surface area contributed by atoms with Gasteiger partial charge in [0.1, 0.15) is 12.1 Å². The molecule has 1 aromatic rings. The van der Waals surface area contributed by atoms with Crippen molar-refractivity contribution in [2.75, 3.05) is 32.8 Å². The molecule has 0 saturated carbocycles. The Hall–Kier alpha value is -2.45. The number of nitrogens with two attached hydrogens (primary N) is 1. The molecule has 3 amide bonds. The highest BCUT2D eigenvalue weighted by Gasteiger charge is 2.26. The molecule has 0 aromatic heterocycles. The van der Waals surface area contributed by atoms with Gasteiger partial charge < -0.3 is 21.1 Å². The van der Waals surface area contributed by atoms with Crippen LogP contribution in [0, 0.1) is 5.92 Å². The maximum atomic E-state index is 12.9. The first-order valence-electron chi connectivity index (χ1n) is 10.6. The molecule has 2 atom stereocenters. The lowest BCUT2D eigenvalue weighted by Crippen LogP contribution is -2.54. The van der Waals surface area contributed by atoms with Crippen molar-refractivity contribution in [1.82, 2.24) is 15.5 Å². The van der Waals surface area contributed by atoms with E-state index in [1.165, 1.54) is 0 Å². The summed E-state index contributed by atoms with van der Waals surface area (Å²) >= 11 is 0. The van der Waals surface area contributed by atoms with Gasteiger partial charge in [-0.25, -0.2) is 0 Å². The van der Waals surface area contributed by atoms with Gasteiger partial charge >= 0.3 is 0 Å². The van der Waals surface area contributed by atoms with E-state index in [1.807, 2.05) is 49.1 Å². The Morgan fingerprint density at radius 1 is 1.07 bits per heavy atom. The van der Waals surface area contributed by atoms with Crippen LogP contribution < -0.4 is 16.4 Å². The molecule has 1 aliphatic rings. The molecule has 1 fully saturated rings. The second-order valence-corrected chi connectivity index (χ2v) is 8.13. The zero-order valence-electron chi connectivity index (χ0n) is 17.9. The molecular formula is C22H34N4O4. The van der Waals surface area contributed by atoms with E-state index < -0.39 is 18.0 Å². The summed E-state index contributed by atoms with van der Waals surface area (Å²) < 4.78 is 5.30. The Bertz CT molecular complexity index is 690. The first-order valence-corrected chi connectivity index (χ1v) is 10.6. The molecule has 0 bridgehead atoms. The van der Waals surface area contributed by atoms with Crippen LogP contribution in [-0.4, -0.2) is 67.6 Å². The van der Waals surface area contributed by atoms with Crippen LogP contribution in [0.5, 0.6) is 0 Å². The van der Waals surface area contributed by atoms with Crippen LogP contribution in [0.1, 0.15) is 32.3 Å². The highest BCUT2D eigenvalue weighted by molar-refractivity contribution is 5.91. The second kappa shape index (κ2) is 12.3. The fourth-order valence-corrected chi connectivity index (χ4v) is 3.42. The topological polar surface area (TPSA) is 114 Å². The SMILES string of the molecule is CC(C)C[C@H](NC(=O)[C@H](CCc1ccccc1)NC(=O)CN1CCOCC1)C(N)=O. The number of benzene rings is 1. The van der Waals surface area contributed by atoms with E-state index in [1.54, 1.807) is 0 Å². The average Bonchev–Trinajstić information content (AvgIpc) is 2.71. The summed E-state index contributed by atoms with van der Waals surface area (Å²) in [5.74, 6) is -0.977. The van der Waals surface area contributed by atoms with E-state index in [0.29, 0.717) is 45.6 Å². The molecule has 1 heterocycles. The van der Waals surface area contributed by atoms with Crippen molar-refractivity contribution in [3.8, 4) is 0 Å². The smallest absolute Gasteiger partial charge is 0.243 e. The predicted octanol–water partition coefficient (Wildman–Crippen LogP) is 0.452. The van der Waals surface area contributed by atoms with E-state index in [2.05, 4.69) is 10.6 Å². The molecule has 8 nitrogen and oxygen atoms in total. The van der Waals surface area contributed by atoms with Gasteiger partial charge in [-0.2, -0.15) is 0 Å². The van der Waals surface area contributed by atoms with E-state index in [9.17, 15) is 14.4 Å². The lowest BCUT2D eigenvalue weighted by Gasteiger charge is -2.27. The number of ether oxygens (including phenoxy) is 1. The summed E-state index contributed by atoms with van der Waals surface area (Å²) in [7, 11) is 0. The Balaban J connectivity index is 2.01. The number of carbonyl (C=O) groups is 3. The first kappa shape index (κ1) is 23.8. The molecule has 1 aliphatic heterocycles. The first-order chi connectivity index (χ1) is 14.3. The second-order valence-electron chi connectivity index (χ2n) is 8.13. The van der Waals surface area contributed by atoms with E-state index in [4.69, 9.17) is 10.5 Å². The van der Waals surface area contributed by atoms with Crippen LogP contribution in [0.3, 0.4) is 0 Å². The monoisotopic (exact) mass is 418 g/mol. The zero-order valence-corrected chi connectivity index (χ0v) is 17.9. The quantitative estimate of drug-likeness (QED) is 0.483. The highest BCUT2D eigenvalue weighted by Crippen LogP contribution is 2.08. The molecule has 4 N–H and O–H groups in total. The van der Waals surface area contributed by atoms with Gasteiger partial charge in [0, 0.05) is 13.1 Å². The van der Waals surface area contributed by atoms with Crippen LogP contribution in [0.25, 0.3) is 0 Å². The third kappa shape index (κ3) is 8.51. The van der Waals surface area contributed by atoms with Crippen LogP contribution in [0.2, 0.25) is 0 Å². The summed E-state index contributed by atoms with van der Waals surface area (Å²) in [6.45, 7) is 6.70. The third-order valence-electron chi connectivity index (χ3n) is 5.05. The minimum Gasteiger partial charge on any atom is -0.379 e. The normalized spacial score (nSPS) is 16.6. The standard InChI is InChI=1S/C22H34N4O4/c1-16(2)14-19(21(23)28)25-22(29)18(9-8-17-6-4-3-5-7-17)24-20(27)15-26-10-12-30-13-11-26/h3-7,16,18-19H,8-15H2,1-2H3,(H2,23,28)(H,24,27)(H,25,29)/t18-,19-/m0/s1. The van der Waals surface area contributed by atoms with Crippen molar-refractivity contribution in [2.45, 2.75) is 45.2 Å². The molecular weight excluding hydrogens is 384 g/mol. The van der Waals surface area contributed by atoms with Crippen LogP contribution in [0.15, 0.2) is 30.3 Å². The summed E-state index contributed by atoms with van der Waals surface area (Å²) in [6, 6.07) is 8.27. The van der Waals surface area contributed by atoms with Gasteiger partial charge in [-0.3, -0.25) is 19.3 Å². The van der Waals surface area contributed by atoms with Crippen molar-refractivity contribution in [3.63, 3.8) is 0 Å². The van der Waals surface area contributed by atoms with Crippen LogP contribution >= 0.6 is 0 Å². The highest BCUT2D eigenvalue weighted by atomic mass is 16.5. The van der Waals surface area contributed by atoms with E-state index >= 15 is 0 Å².